The Hall–Kier alpha value is -2.31. The monoisotopic (exact) mass is 269 g/mol. The Bertz CT molecular complexity index is 460. The third-order valence-electron chi connectivity index (χ3n) is 2.19. The fourth-order valence-electron chi connectivity index (χ4n) is 1.35. The molecule has 0 N–H and O–H groups in total. The molecule has 0 heterocycles. The minimum Gasteiger partial charge on any atom is -0.496 e. The second kappa shape index (κ2) is 7.20. The number of carbonyl (C=O) groups is 1. The van der Waals surface area contributed by atoms with Gasteiger partial charge in [-0.05, 0) is 6.92 Å². The van der Waals surface area contributed by atoms with Crippen LogP contribution in [0.5, 0.6) is 11.5 Å². The lowest BCUT2D eigenvalue weighted by molar-refractivity contribution is -0.385. The van der Waals surface area contributed by atoms with Gasteiger partial charge in [0.15, 0.2) is 0 Å². The van der Waals surface area contributed by atoms with Crippen LogP contribution < -0.4 is 9.47 Å². The number of methoxy groups -OCH3 is 1. The quantitative estimate of drug-likeness (QED) is 0.427. The predicted molar refractivity (Wildman–Crippen MR) is 66.4 cm³/mol. The van der Waals surface area contributed by atoms with E-state index in [1.807, 2.05) is 0 Å². The van der Waals surface area contributed by atoms with Gasteiger partial charge in [0.25, 0.3) is 5.69 Å². The summed E-state index contributed by atoms with van der Waals surface area (Å²) in [6, 6.07) is 4.07. The van der Waals surface area contributed by atoms with Crippen LogP contribution in [0.1, 0.15) is 13.3 Å². The van der Waals surface area contributed by atoms with Crippen molar-refractivity contribution in [1.82, 2.24) is 0 Å². The van der Waals surface area contributed by atoms with Gasteiger partial charge in [0.1, 0.15) is 11.5 Å². The molecule has 1 aromatic rings. The number of rotatable bonds is 7. The number of ether oxygens (including phenoxy) is 3. The molecule has 0 aliphatic rings. The molecule has 0 bridgehead atoms. The van der Waals surface area contributed by atoms with E-state index in [1.165, 1.54) is 25.3 Å². The lowest BCUT2D eigenvalue weighted by atomic mass is 10.3. The summed E-state index contributed by atoms with van der Waals surface area (Å²) in [5.74, 6) is 0.218. The van der Waals surface area contributed by atoms with Crippen molar-refractivity contribution in [1.29, 1.82) is 0 Å². The van der Waals surface area contributed by atoms with Gasteiger partial charge in [-0.15, -0.1) is 0 Å². The molecule has 0 unspecified atom stereocenters. The van der Waals surface area contributed by atoms with Gasteiger partial charge in [-0.25, -0.2) is 0 Å². The zero-order valence-corrected chi connectivity index (χ0v) is 10.8. The molecule has 104 valence electrons. The Labute approximate surface area is 110 Å². The van der Waals surface area contributed by atoms with Crippen molar-refractivity contribution in [2.45, 2.75) is 13.3 Å². The molecule has 0 saturated heterocycles. The van der Waals surface area contributed by atoms with Crippen molar-refractivity contribution in [2.24, 2.45) is 0 Å². The Morgan fingerprint density at radius 2 is 2.00 bits per heavy atom. The number of hydrogen-bond acceptors (Lipinski definition) is 6. The Kier molecular flexibility index (Phi) is 5.59. The SMILES string of the molecule is CCOC(=O)CCOc1cc(OC)cc([N+](=O)[O-])c1. The van der Waals surface area contributed by atoms with Crippen molar-refractivity contribution in [3.63, 3.8) is 0 Å². The fourth-order valence-corrected chi connectivity index (χ4v) is 1.35. The van der Waals surface area contributed by atoms with E-state index in [9.17, 15) is 14.9 Å². The molecule has 0 aliphatic carbocycles. The highest BCUT2D eigenvalue weighted by Gasteiger charge is 2.11. The topological polar surface area (TPSA) is 87.9 Å². The van der Waals surface area contributed by atoms with E-state index in [0.29, 0.717) is 12.4 Å². The molecule has 0 aromatic heterocycles. The molecule has 0 amide bonds. The van der Waals surface area contributed by atoms with Gasteiger partial charge in [0, 0.05) is 6.07 Å². The molecule has 1 aromatic carbocycles. The van der Waals surface area contributed by atoms with Gasteiger partial charge >= 0.3 is 5.97 Å². The number of non-ortho nitro benzene ring substituents is 1. The highest BCUT2D eigenvalue weighted by atomic mass is 16.6. The van der Waals surface area contributed by atoms with Gasteiger partial charge in [-0.2, -0.15) is 0 Å². The molecular formula is C12H15NO6. The van der Waals surface area contributed by atoms with Crippen LogP contribution in [-0.4, -0.2) is 31.2 Å². The van der Waals surface area contributed by atoms with Crippen LogP contribution >= 0.6 is 0 Å². The van der Waals surface area contributed by atoms with Crippen LogP contribution in [0.3, 0.4) is 0 Å². The average Bonchev–Trinajstić information content (AvgIpc) is 2.38. The number of nitro groups is 1. The van der Waals surface area contributed by atoms with Crippen molar-refractivity contribution < 1.29 is 23.9 Å². The summed E-state index contributed by atoms with van der Waals surface area (Å²) in [6.07, 6.45) is 0.0822. The van der Waals surface area contributed by atoms with Crippen LogP contribution in [-0.2, 0) is 9.53 Å². The summed E-state index contributed by atoms with van der Waals surface area (Å²) < 4.78 is 14.9. The maximum atomic E-state index is 11.1. The minimum atomic E-state index is -0.541. The van der Waals surface area contributed by atoms with Crippen LogP contribution in [0.2, 0.25) is 0 Å². The number of nitro benzene ring substituents is 1. The summed E-state index contributed by atoms with van der Waals surface area (Å²) in [5.41, 5.74) is -0.134. The smallest absolute Gasteiger partial charge is 0.309 e. The largest absolute Gasteiger partial charge is 0.496 e. The molecule has 0 spiro atoms. The molecule has 7 heteroatoms. The minimum absolute atomic E-state index is 0.0822. The summed E-state index contributed by atoms with van der Waals surface area (Å²) in [6.45, 7) is 2.11. The zero-order chi connectivity index (χ0) is 14.3. The van der Waals surface area contributed by atoms with E-state index in [2.05, 4.69) is 0 Å². The van der Waals surface area contributed by atoms with E-state index >= 15 is 0 Å². The van der Waals surface area contributed by atoms with Gasteiger partial charge in [-0.3, -0.25) is 14.9 Å². The van der Waals surface area contributed by atoms with Gasteiger partial charge in [0.05, 0.1) is 43.8 Å². The number of esters is 1. The van der Waals surface area contributed by atoms with Crippen LogP contribution in [0, 0.1) is 10.1 Å². The molecule has 0 radical (unpaired) electrons. The van der Waals surface area contributed by atoms with Crippen molar-refractivity contribution >= 4 is 11.7 Å². The lowest BCUT2D eigenvalue weighted by Gasteiger charge is -2.07. The van der Waals surface area contributed by atoms with Crippen LogP contribution in [0.4, 0.5) is 5.69 Å². The van der Waals surface area contributed by atoms with Crippen LogP contribution in [0.15, 0.2) is 18.2 Å². The fraction of sp³-hybridized carbons (Fsp3) is 0.417. The maximum Gasteiger partial charge on any atom is 0.309 e. The van der Waals surface area contributed by atoms with Crippen LogP contribution in [0.25, 0.3) is 0 Å². The first-order chi connectivity index (χ1) is 9.06. The normalized spacial score (nSPS) is 9.79. The standard InChI is InChI=1S/C12H15NO6/c1-3-18-12(14)4-5-19-11-7-9(13(15)16)6-10(8-11)17-2/h6-8H,3-5H2,1-2H3. The molecule has 0 aliphatic heterocycles. The summed E-state index contributed by atoms with van der Waals surface area (Å²) in [4.78, 5) is 21.3. The van der Waals surface area contributed by atoms with Gasteiger partial charge in [0.2, 0.25) is 0 Å². The van der Waals surface area contributed by atoms with Gasteiger partial charge < -0.3 is 14.2 Å². The first-order valence-corrected chi connectivity index (χ1v) is 5.68. The highest BCUT2D eigenvalue weighted by molar-refractivity contribution is 5.69. The molecular weight excluding hydrogens is 254 g/mol. The second-order valence-electron chi connectivity index (χ2n) is 3.53. The highest BCUT2D eigenvalue weighted by Crippen LogP contribution is 2.27. The number of nitrogens with zero attached hydrogens (tertiary/aromatic N) is 1. The summed E-state index contributed by atoms with van der Waals surface area (Å²) in [7, 11) is 1.40. The third kappa shape index (κ3) is 4.82. The number of carbonyl (C=O) groups excluding carboxylic acids is 1. The van der Waals surface area contributed by atoms with Crippen molar-refractivity contribution in [2.75, 3.05) is 20.3 Å². The van der Waals surface area contributed by atoms with E-state index in [-0.39, 0.29) is 30.4 Å². The number of hydrogen-bond donors (Lipinski definition) is 0. The molecule has 7 nitrogen and oxygen atoms in total. The average molecular weight is 269 g/mol. The number of benzene rings is 1. The predicted octanol–water partition coefficient (Wildman–Crippen LogP) is 1.94. The molecule has 0 saturated carbocycles. The Morgan fingerprint density at radius 3 is 2.58 bits per heavy atom. The first kappa shape index (κ1) is 14.7. The molecule has 1 rings (SSSR count). The van der Waals surface area contributed by atoms with Crippen molar-refractivity contribution in [3.8, 4) is 11.5 Å². The molecule has 0 atom stereocenters. The maximum absolute atomic E-state index is 11.1. The summed E-state index contributed by atoms with van der Waals surface area (Å²) in [5, 5.41) is 10.7. The lowest BCUT2D eigenvalue weighted by Crippen LogP contribution is -2.09. The van der Waals surface area contributed by atoms with E-state index in [1.54, 1.807) is 6.92 Å². The first-order valence-electron chi connectivity index (χ1n) is 5.68. The van der Waals surface area contributed by atoms with Gasteiger partial charge in [-0.1, -0.05) is 0 Å². The third-order valence-corrected chi connectivity index (χ3v) is 2.19. The Balaban J connectivity index is 2.64. The summed E-state index contributed by atoms with van der Waals surface area (Å²) >= 11 is 0. The molecule has 0 fully saturated rings. The molecule has 19 heavy (non-hydrogen) atoms. The zero-order valence-electron chi connectivity index (χ0n) is 10.8. The van der Waals surface area contributed by atoms with E-state index in [0.717, 1.165) is 0 Å². The Morgan fingerprint density at radius 1 is 1.32 bits per heavy atom. The van der Waals surface area contributed by atoms with E-state index in [4.69, 9.17) is 14.2 Å². The van der Waals surface area contributed by atoms with Crippen molar-refractivity contribution in [3.05, 3.63) is 28.3 Å². The van der Waals surface area contributed by atoms with E-state index < -0.39 is 4.92 Å². The second-order valence-corrected chi connectivity index (χ2v) is 3.53.